The van der Waals surface area contributed by atoms with E-state index in [1.165, 1.54) is 10.9 Å². The van der Waals surface area contributed by atoms with Crippen LogP contribution in [0.15, 0.2) is 29.9 Å². The van der Waals surface area contributed by atoms with Gasteiger partial charge in [-0.1, -0.05) is 6.92 Å². The Hall–Kier alpha value is -1.72. The summed E-state index contributed by atoms with van der Waals surface area (Å²) in [5.74, 6) is 0. The van der Waals surface area contributed by atoms with Gasteiger partial charge in [0.2, 0.25) is 0 Å². The minimum atomic E-state index is 0.783. The van der Waals surface area contributed by atoms with Gasteiger partial charge in [-0.05, 0) is 37.6 Å². The lowest BCUT2D eigenvalue weighted by Gasteiger charge is -2.01. The molecule has 0 radical (unpaired) electrons. The number of pyridine rings is 1. The Morgan fingerprint density at radius 2 is 2.29 bits per heavy atom. The molecule has 110 valence electrons. The first-order chi connectivity index (χ1) is 10.3. The zero-order valence-electron chi connectivity index (χ0n) is 12.5. The molecule has 0 atom stereocenters. The highest BCUT2D eigenvalue weighted by Crippen LogP contribution is 2.21. The molecular weight excluding hydrogens is 280 g/mol. The molecule has 0 spiro atoms. The molecular formula is C16H20N4S. The molecule has 0 aliphatic heterocycles. The van der Waals surface area contributed by atoms with Crippen LogP contribution in [0.1, 0.15) is 29.6 Å². The second-order valence-electron chi connectivity index (χ2n) is 5.19. The maximum atomic E-state index is 4.55. The van der Waals surface area contributed by atoms with Gasteiger partial charge in [-0.2, -0.15) is 0 Å². The van der Waals surface area contributed by atoms with Gasteiger partial charge in [-0.3, -0.25) is 0 Å². The van der Waals surface area contributed by atoms with E-state index in [0.717, 1.165) is 42.4 Å². The highest BCUT2D eigenvalue weighted by Gasteiger charge is 2.10. The van der Waals surface area contributed by atoms with Crippen molar-refractivity contribution in [2.75, 3.05) is 6.54 Å². The molecule has 0 aliphatic carbocycles. The average molecular weight is 300 g/mol. The van der Waals surface area contributed by atoms with Crippen molar-refractivity contribution in [2.24, 2.45) is 0 Å². The lowest BCUT2D eigenvalue weighted by Crippen LogP contribution is -2.13. The zero-order valence-corrected chi connectivity index (χ0v) is 13.3. The molecule has 0 unspecified atom stereocenters. The first-order valence-corrected chi connectivity index (χ1v) is 8.20. The minimum absolute atomic E-state index is 0.783. The van der Waals surface area contributed by atoms with E-state index in [1.807, 2.05) is 19.2 Å². The zero-order chi connectivity index (χ0) is 14.7. The molecule has 4 nitrogen and oxygen atoms in total. The van der Waals surface area contributed by atoms with Gasteiger partial charge < -0.3 is 9.88 Å². The SMILES string of the molecule is CCCNCc1cn(Cc2csc(C)n2)c2ncccc12. The van der Waals surface area contributed by atoms with Gasteiger partial charge in [0.05, 0.1) is 17.2 Å². The van der Waals surface area contributed by atoms with Gasteiger partial charge in [-0.15, -0.1) is 11.3 Å². The molecule has 1 N–H and O–H groups in total. The largest absolute Gasteiger partial charge is 0.326 e. The maximum absolute atomic E-state index is 4.55. The number of nitrogens with zero attached hydrogens (tertiary/aromatic N) is 3. The van der Waals surface area contributed by atoms with Crippen molar-refractivity contribution in [2.45, 2.75) is 33.4 Å². The third kappa shape index (κ3) is 3.14. The third-order valence-electron chi connectivity index (χ3n) is 3.46. The van der Waals surface area contributed by atoms with Gasteiger partial charge in [0.25, 0.3) is 0 Å². The Labute approximate surface area is 128 Å². The molecule has 3 aromatic heterocycles. The number of hydrogen-bond acceptors (Lipinski definition) is 4. The van der Waals surface area contributed by atoms with Crippen LogP contribution >= 0.6 is 11.3 Å². The predicted octanol–water partition coefficient (Wildman–Crippen LogP) is 3.35. The summed E-state index contributed by atoms with van der Waals surface area (Å²) in [4.78, 5) is 9.10. The highest BCUT2D eigenvalue weighted by atomic mass is 32.1. The fourth-order valence-corrected chi connectivity index (χ4v) is 3.12. The Morgan fingerprint density at radius 1 is 1.38 bits per heavy atom. The lowest BCUT2D eigenvalue weighted by atomic mass is 10.2. The van der Waals surface area contributed by atoms with Gasteiger partial charge in [-0.25, -0.2) is 9.97 Å². The molecule has 21 heavy (non-hydrogen) atoms. The monoisotopic (exact) mass is 300 g/mol. The number of rotatable bonds is 6. The first kappa shape index (κ1) is 14.2. The van der Waals surface area contributed by atoms with Crippen molar-refractivity contribution in [1.82, 2.24) is 19.9 Å². The van der Waals surface area contributed by atoms with Crippen LogP contribution in [-0.2, 0) is 13.1 Å². The summed E-state index contributed by atoms with van der Waals surface area (Å²) < 4.78 is 2.20. The Bertz CT molecular complexity index is 729. The number of hydrogen-bond donors (Lipinski definition) is 1. The number of aryl methyl sites for hydroxylation is 1. The Morgan fingerprint density at radius 3 is 3.05 bits per heavy atom. The van der Waals surface area contributed by atoms with Crippen molar-refractivity contribution in [1.29, 1.82) is 0 Å². The van der Waals surface area contributed by atoms with Gasteiger partial charge in [0.1, 0.15) is 5.65 Å². The average Bonchev–Trinajstić information content (AvgIpc) is 3.05. The number of nitrogens with one attached hydrogen (secondary N) is 1. The molecule has 0 aliphatic rings. The van der Waals surface area contributed by atoms with Crippen LogP contribution in [0.4, 0.5) is 0 Å². The minimum Gasteiger partial charge on any atom is -0.326 e. The van der Waals surface area contributed by atoms with Crippen molar-refractivity contribution < 1.29 is 0 Å². The molecule has 5 heteroatoms. The Balaban J connectivity index is 1.90. The Kier molecular flexibility index (Phi) is 4.31. The molecule has 3 aromatic rings. The molecule has 3 rings (SSSR count). The van der Waals surface area contributed by atoms with E-state index in [-0.39, 0.29) is 0 Å². The maximum Gasteiger partial charge on any atom is 0.140 e. The second-order valence-corrected chi connectivity index (χ2v) is 6.25. The predicted molar refractivity (Wildman–Crippen MR) is 87.7 cm³/mol. The van der Waals surface area contributed by atoms with Crippen LogP contribution in [0.25, 0.3) is 11.0 Å². The molecule has 0 amide bonds. The van der Waals surface area contributed by atoms with Crippen molar-refractivity contribution in [3.8, 4) is 0 Å². The van der Waals surface area contributed by atoms with Crippen molar-refractivity contribution in [3.63, 3.8) is 0 Å². The summed E-state index contributed by atoms with van der Waals surface area (Å²) in [6.07, 6.45) is 5.21. The second kappa shape index (κ2) is 6.37. The van der Waals surface area contributed by atoms with Crippen LogP contribution in [0.3, 0.4) is 0 Å². The van der Waals surface area contributed by atoms with Crippen LogP contribution < -0.4 is 5.32 Å². The van der Waals surface area contributed by atoms with Crippen LogP contribution in [0.2, 0.25) is 0 Å². The smallest absolute Gasteiger partial charge is 0.140 e. The summed E-state index contributed by atoms with van der Waals surface area (Å²) in [5.41, 5.74) is 3.45. The standard InChI is InChI=1S/C16H20N4S/c1-3-6-17-8-13-9-20(10-14-11-21-12(2)19-14)16-15(13)5-4-7-18-16/h4-5,7,9,11,17H,3,6,8,10H2,1-2H3. The summed E-state index contributed by atoms with van der Waals surface area (Å²) in [6, 6.07) is 4.15. The molecule has 0 aromatic carbocycles. The van der Waals surface area contributed by atoms with E-state index in [1.54, 1.807) is 11.3 Å². The van der Waals surface area contributed by atoms with Gasteiger partial charge in [0, 0.05) is 29.7 Å². The van der Waals surface area contributed by atoms with Gasteiger partial charge >= 0.3 is 0 Å². The molecule has 0 fully saturated rings. The van der Waals surface area contributed by atoms with Crippen LogP contribution in [0.5, 0.6) is 0 Å². The van der Waals surface area contributed by atoms with E-state index in [2.05, 4.69) is 44.4 Å². The first-order valence-electron chi connectivity index (χ1n) is 7.32. The van der Waals surface area contributed by atoms with Crippen molar-refractivity contribution in [3.05, 3.63) is 46.2 Å². The van der Waals surface area contributed by atoms with Gasteiger partial charge in [0.15, 0.2) is 0 Å². The lowest BCUT2D eigenvalue weighted by molar-refractivity contribution is 0.675. The molecule has 0 saturated carbocycles. The summed E-state index contributed by atoms with van der Waals surface area (Å²) in [7, 11) is 0. The summed E-state index contributed by atoms with van der Waals surface area (Å²) in [5, 5.41) is 7.93. The van der Waals surface area contributed by atoms with Crippen molar-refractivity contribution >= 4 is 22.4 Å². The molecule has 0 saturated heterocycles. The fourth-order valence-electron chi connectivity index (χ4n) is 2.51. The topological polar surface area (TPSA) is 42.7 Å². The quantitative estimate of drug-likeness (QED) is 0.710. The fraction of sp³-hybridized carbons (Fsp3) is 0.375. The highest BCUT2D eigenvalue weighted by molar-refractivity contribution is 7.09. The van der Waals surface area contributed by atoms with Crippen LogP contribution in [-0.4, -0.2) is 21.1 Å². The number of fused-ring (bicyclic) bond motifs is 1. The third-order valence-corrected chi connectivity index (χ3v) is 4.28. The number of aromatic nitrogens is 3. The normalized spacial score (nSPS) is 11.3. The summed E-state index contributed by atoms with van der Waals surface area (Å²) >= 11 is 1.70. The van der Waals surface area contributed by atoms with E-state index in [4.69, 9.17) is 0 Å². The van der Waals surface area contributed by atoms with Crippen LogP contribution in [0, 0.1) is 6.92 Å². The molecule has 0 bridgehead atoms. The molecule has 3 heterocycles. The van der Waals surface area contributed by atoms with E-state index < -0.39 is 0 Å². The summed E-state index contributed by atoms with van der Waals surface area (Å²) in [6.45, 7) is 6.94. The van der Waals surface area contributed by atoms with E-state index >= 15 is 0 Å². The van der Waals surface area contributed by atoms with E-state index in [0.29, 0.717) is 0 Å². The van der Waals surface area contributed by atoms with E-state index in [9.17, 15) is 0 Å². The number of thiazole rings is 1.